The monoisotopic (exact) mass is 288 g/mol. The number of aryl methyl sites for hydroxylation is 1. The molecule has 2 rings (SSSR count). The van der Waals surface area contributed by atoms with E-state index in [1.165, 1.54) is 10.9 Å². The highest BCUT2D eigenvalue weighted by molar-refractivity contribution is 5.59. The summed E-state index contributed by atoms with van der Waals surface area (Å²) in [7, 11) is 0. The number of benzene rings is 1. The Bertz CT molecular complexity index is 591. The van der Waals surface area contributed by atoms with Crippen molar-refractivity contribution in [3.8, 4) is 11.3 Å². The van der Waals surface area contributed by atoms with Crippen LogP contribution in [0.3, 0.4) is 0 Å². The first-order chi connectivity index (χ1) is 9.40. The van der Waals surface area contributed by atoms with Crippen molar-refractivity contribution >= 4 is 0 Å². The summed E-state index contributed by atoms with van der Waals surface area (Å²) in [6.07, 6.45) is -2.48. The third-order valence-corrected chi connectivity index (χ3v) is 2.65. The number of aromatic nitrogens is 3. The van der Waals surface area contributed by atoms with E-state index in [4.69, 9.17) is 5.73 Å². The number of halogens is 4. The van der Waals surface area contributed by atoms with Crippen LogP contribution in [0.2, 0.25) is 0 Å². The quantitative estimate of drug-likeness (QED) is 0.879. The molecule has 20 heavy (non-hydrogen) atoms. The minimum absolute atomic E-state index is 0.0383. The van der Waals surface area contributed by atoms with Gasteiger partial charge in [-0.05, 0) is 31.2 Å². The van der Waals surface area contributed by atoms with Gasteiger partial charge in [0.05, 0.1) is 11.8 Å². The number of alkyl halides is 3. The average Bonchev–Trinajstić information content (AvgIpc) is 2.83. The van der Waals surface area contributed by atoms with Crippen LogP contribution in [0.4, 0.5) is 17.6 Å². The SMILES string of the molecule is NCCCn1cc(-c2cc(F)cc(C(F)(F)F)c2)nn1. The van der Waals surface area contributed by atoms with E-state index in [2.05, 4.69) is 10.3 Å². The van der Waals surface area contributed by atoms with Gasteiger partial charge in [0.15, 0.2) is 0 Å². The summed E-state index contributed by atoms with van der Waals surface area (Å²) in [5.41, 5.74) is 4.52. The second kappa shape index (κ2) is 5.58. The van der Waals surface area contributed by atoms with Crippen LogP contribution in [0.25, 0.3) is 11.3 Å². The lowest BCUT2D eigenvalue weighted by Crippen LogP contribution is -2.06. The van der Waals surface area contributed by atoms with E-state index in [1.54, 1.807) is 0 Å². The van der Waals surface area contributed by atoms with Crippen LogP contribution in [0.1, 0.15) is 12.0 Å². The van der Waals surface area contributed by atoms with Gasteiger partial charge >= 0.3 is 6.18 Å². The summed E-state index contributed by atoms with van der Waals surface area (Å²) in [6.45, 7) is 0.971. The summed E-state index contributed by atoms with van der Waals surface area (Å²) < 4.78 is 52.6. The van der Waals surface area contributed by atoms with Gasteiger partial charge in [0.25, 0.3) is 0 Å². The van der Waals surface area contributed by atoms with Crippen molar-refractivity contribution in [3.63, 3.8) is 0 Å². The van der Waals surface area contributed by atoms with Crippen molar-refractivity contribution in [3.05, 3.63) is 35.8 Å². The minimum Gasteiger partial charge on any atom is -0.330 e. The third-order valence-electron chi connectivity index (χ3n) is 2.65. The van der Waals surface area contributed by atoms with Gasteiger partial charge in [-0.25, -0.2) is 4.39 Å². The molecule has 0 saturated carbocycles. The molecule has 1 aromatic heterocycles. The predicted molar refractivity (Wildman–Crippen MR) is 64.1 cm³/mol. The Labute approximate surface area is 112 Å². The fraction of sp³-hybridized carbons (Fsp3) is 0.333. The zero-order valence-corrected chi connectivity index (χ0v) is 10.4. The molecule has 0 aliphatic heterocycles. The molecule has 1 aromatic carbocycles. The van der Waals surface area contributed by atoms with E-state index in [0.29, 0.717) is 25.6 Å². The lowest BCUT2D eigenvalue weighted by Gasteiger charge is -2.08. The first-order valence-electron chi connectivity index (χ1n) is 5.88. The Morgan fingerprint density at radius 2 is 1.95 bits per heavy atom. The van der Waals surface area contributed by atoms with Gasteiger partial charge in [0.2, 0.25) is 0 Å². The van der Waals surface area contributed by atoms with Crippen molar-refractivity contribution in [2.24, 2.45) is 5.73 Å². The van der Waals surface area contributed by atoms with E-state index < -0.39 is 17.6 Å². The molecule has 0 amide bonds. The Kier molecular flexibility index (Phi) is 4.03. The highest BCUT2D eigenvalue weighted by Gasteiger charge is 2.31. The molecule has 4 nitrogen and oxygen atoms in total. The zero-order chi connectivity index (χ0) is 14.8. The van der Waals surface area contributed by atoms with Crippen molar-refractivity contribution in [1.29, 1.82) is 0 Å². The normalized spacial score (nSPS) is 11.8. The van der Waals surface area contributed by atoms with Crippen LogP contribution in [0.15, 0.2) is 24.4 Å². The van der Waals surface area contributed by atoms with E-state index in [9.17, 15) is 17.6 Å². The van der Waals surface area contributed by atoms with Gasteiger partial charge in [0, 0.05) is 12.1 Å². The number of nitrogens with two attached hydrogens (primary N) is 1. The molecule has 2 N–H and O–H groups in total. The highest BCUT2D eigenvalue weighted by atomic mass is 19.4. The Hall–Kier alpha value is -1.96. The lowest BCUT2D eigenvalue weighted by molar-refractivity contribution is -0.137. The molecule has 0 radical (unpaired) electrons. The summed E-state index contributed by atoms with van der Waals surface area (Å²) in [6, 6.07) is 2.29. The molecular formula is C12H12F4N4. The molecule has 1 heterocycles. The van der Waals surface area contributed by atoms with Crippen LogP contribution in [0, 0.1) is 5.82 Å². The van der Waals surface area contributed by atoms with E-state index in [0.717, 1.165) is 12.1 Å². The number of nitrogens with zero attached hydrogens (tertiary/aromatic N) is 3. The second-order valence-electron chi connectivity index (χ2n) is 4.24. The maximum Gasteiger partial charge on any atom is 0.416 e. The van der Waals surface area contributed by atoms with Crippen molar-refractivity contribution in [2.75, 3.05) is 6.54 Å². The third kappa shape index (κ3) is 3.32. The molecule has 0 saturated heterocycles. The van der Waals surface area contributed by atoms with Gasteiger partial charge in [-0.1, -0.05) is 5.21 Å². The smallest absolute Gasteiger partial charge is 0.330 e. The summed E-state index contributed by atoms with van der Waals surface area (Å²) in [4.78, 5) is 0. The molecule has 0 aliphatic rings. The molecule has 8 heteroatoms. The summed E-state index contributed by atoms with van der Waals surface area (Å²) >= 11 is 0. The van der Waals surface area contributed by atoms with Crippen molar-refractivity contribution in [2.45, 2.75) is 19.1 Å². The average molecular weight is 288 g/mol. The Morgan fingerprint density at radius 3 is 2.60 bits per heavy atom. The van der Waals surface area contributed by atoms with Gasteiger partial charge in [-0.2, -0.15) is 13.2 Å². The standard InChI is InChI=1S/C12H12F4N4/c13-10-5-8(4-9(6-10)12(14,15)16)11-7-20(19-18-11)3-1-2-17/h4-7H,1-3,17H2. The molecule has 0 bridgehead atoms. The highest BCUT2D eigenvalue weighted by Crippen LogP contribution is 2.32. The van der Waals surface area contributed by atoms with Gasteiger partial charge in [-0.3, -0.25) is 4.68 Å². The molecule has 108 valence electrons. The second-order valence-corrected chi connectivity index (χ2v) is 4.24. The first-order valence-corrected chi connectivity index (χ1v) is 5.88. The molecule has 0 aliphatic carbocycles. The molecule has 0 spiro atoms. The van der Waals surface area contributed by atoms with E-state index in [-0.39, 0.29) is 11.3 Å². The number of hydrogen-bond donors (Lipinski definition) is 1. The maximum absolute atomic E-state index is 13.3. The fourth-order valence-electron chi connectivity index (χ4n) is 1.69. The lowest BCUT2D eigenvalue weighted by atomic mass is 10.1. The Balaban J connectivity index is 2.32. The van der Waals surface area contributed by atoms with Crippen LogP contribution in [-0.4, -0.2) is 21.5 Å². The largest absolute Gasteiger partial charge is 0.416 e. The molecule has 0 unspecified atom stereocenters. The van der Waals surface area contributed by atoms with Crippen molar-refractivity contribution in [1.82, 2.24) is 15.0 Å². The van der Waals surface area contributed by atoms with Gasteiger partial charge in [-0.15, -0.1) is 5.10 Å². The summed E-state index contributed by atoms with van der Waals surface area (Å²) in [5.74, 6) is -0.966. The van der Waals surface area contributed by atoms with Crippen LogP contribution in [-0.2, 0) is 12.7 Å². The predicted octanol–water partition coefficient (Wildman–Crippen LogP) is 2.45. The minimum atomic E-state index is -4.60. The number of rotatable bonds is 4. The van der Waals surface area contributed by atoms with Gasteiger partial charge < -0.3 is 5.73 Å². The Morgan fingerprint density at radius 1 is 1.20 bits per heavy atom. The van der Waals surface area contributed by atoms with Crippen LogP contribution in [0.5, 0.6) is 0 Å². The van der Waals surface area contributed by atoms with Gasteiger partial charge in [0.1, 0.15) is 11.5 Å². The molecular weight excluding hydrogens is 276 g/mol. The van der Waals surface area contributed by atoms with E-state index in [1.807, 2.05) is 0 Å². The van der Waals surface area contributed by atoms with Crippen molar-refractivity contribution < 1.29 is 17.6 Å². The number of hydrogen-bond acceptors (Lipinski definition) is 3. The summed E-state index contributed by atoms with van der Waals surface area (Å²) in [5, 5.41) is 7.50. The molecule has 2 aromatic rings. The van der Waals surface area contributed by atoms with E-state index >= 15 is 0 Å². The van der Waals surface area contributed by atoms with Crippen LogP contribution >= 0.6 is 0 Å². The molecule has 0 atom stereocenters. The maximum atomic E-state index is 13.3. The fourth-order valence-corrected chi connectivity index (χ4v) is 1.69. The zero-order valence-electron chi connectivity index (χ0n) is 10.4. The molecule has 0 fully saturated rings. The van der Waals surface area contributed by atoms with Crippen LogP contribution < -0.4 is 5.73 Å². The topological polar surface area (TPSA) is 56.7 Å². The first kappa shape index (κ1) is 14.4.